The number of hydrogen-bond donors (Lipinski definition) is 1. The molecule has 5 rings (SSSR count). The lowest BCUT2D eigenvalue weighted by molar-refractivity contribution is 0.333. The molecule has 0 saturated heterocycles. The van der Waals surface area contributed by atoms with Crippen LogP contribution in [0, 0.1) is 6.92 Å². The predicted molar refractivity (Wildman–Crippen MR) is 114 cm³/mol. The van der Waals surface area contributed by atoms with Crippen LogP contribution in [0.1, 0.15) is 74.0 Å². The van der Waals surface area contributed by atoms with Gasteiger partial charge in [-0.25, -0.2) is 9.67 Å². The van der Waals surface area contributed by atoms with E-state index in [4.69, 9.17) is 10.1 Å². The number of aryl methyl sites for hydroxylation is 2. The molecule has 1 fully saturated rings. The monoisotopic (exact) mass is 390 g/mol. The highest BCUT2D eigenvalue weighted by atomic mass is 15.4. The van der Waals surface area contributed by atoms with E-state index in [2.05, 4.69) is 63.0 Å². The average molecular weight is 391 g/mol. The largest absolute Gasteiger partial charge is 0.350 e. The van der Waals surface area contributed by atoms with Gasteiger partial charge in [0, 0.05) is 30.7 Å². The van der Waals surface area contributed by atoms with E-state index in [-0.39, 0.29) is 0 Å². The van der Waals surface area contributed by atoms with E-state index in [0.717, 1.165) is 43.3 Å². The van der Waals surface area contributed by atoms with Gasteiger partial charge in [-0.1, -0.05) is 36.8 Å². The Morgan fingerprint density at radius 1 is 1.00 bits per heavy atom. The van der Waals surface area contributed by atoms with E-state index in [1.54, 1.807) is 0 Å². The molecule has 2 aromatic heterocycles. The Kier molecular flexibility index (Phi) is 5.08. The first-order valence-corrected chi connectivity index (χ1v) is 11.0. The first-order valence-electron chi connectivity index (χ1n) is 11.0. The summed E-state index contributed by atoms with van der Waals surface area (Å²) in [7, 11) is 0. The molecule has 1 N–H and O–H groups in total. The Bertz CT molecular complexity index is 935. The van der Waals surface area contributed by atoms with Crippen LogP contribution in [-0.2, 0) is 6.54 Å². The van der Waals surface area contributed by atoms with Gasteiger partial charge in [0.15, 0.2) is 0 Å². The van der Waals surface area contributed by atoms with Crippen molar-refractivity contribution in [3.8, 4) is 0 Å². The van der Waals surface area contributed by atoms with Gasteiger partial charge in [-0.15, -0.1) is 5.10 Å². The zero-order valence-corrected chi connectivity index (χ0v) is 17.2. The van der Waals surface area contributed by atoms with Crippen molar-refractivity contribution < 1.29 is 0 Å². The summed E-state index contributed by atoms with van der Waals surface area (Å²) in [5.41, 5.74) is 2.45. The molecule has 1 unspecified atom stereocenters. The molecule has 152 valence electrons. The fraction of sp³-hybridized carbons (Fsp3) is 0.522. The van der Waals surface area contributed by atoms with Crippen LogP contribution in [0.4, 0.5) is 5.95 Å². The minimum atomic E-state index is 0.349. The molecule has 6 nitrogen and oxygen atoms in total. The highest BCUT2D eigenvalue weighted by Crippen LogP contribution is 2.33. The van der Waals surface area contributed by atoms with Crippen LogP contribution in [0.15, 0.2) is 42.9 Å². The van der Waals surface area contributed by atoms with Crippen molar-refractivity contribution in [2.24, 2.45) is 0 Å². The van der Waals surface area contributed by atoms with Crippen molar-refractivity contribution in [1.29, 1.82) is 0 Å². The normalized spacial score (nSPS) is 24.7. The Balaban J connectivity index is 1.27. The van der Waals surface area contributed by atoms with Gasteiger partial charge in [-0.2, -0.15) is 4.98 Å². The molecular formula is C23H30N6. The molecule has 0 spiro atoms. The fourth-order valence-corrected chi connectivity index (χ4v) is 4.92. The van der Waals surface area contributed by atoms with Gasteiger partial charge < -0.3 is 9.88 Å². The fourth-order valence-electron chi connectivity index (χ4n) is 4.92. The maximum absolute atomic E-state index is 4.97. The van der Waals surface area contributed by atoms with Gasteiger partial charge in [0.05, 0.1) is 12.0 Å². The SMILES string of the molecule is Cc1cn(C2CCC(Nc3nc4n(n3)CCCCC4c3ccccc3)CC2)cn1. The molecule has 0 radical (unpaired) electrons. The topological polar surface area (TPSA) is 60.6 Å². The second kappa shape index (κ2) is 8.01. The molecule has 1 saturated carbocycles. The van der Waals surface area contributed by atoms with E-state index in [9.17, 15) is 0 Å². The summed E-state index contributed by atoms with van der Waals surface area (Å²) in [6.07, 6.45) is 12.3. The second-order valence-electron chi connectivity index (χ2n) is 8.59. The zero-order valence-electron chi connectivity index (χ0n) is 17.2. The molecule has 0 bridgehead atoms. The maximum atomic E-state index is 4.97. The third kappa shape index (κ3) is 3.93. The summed E-state index contributed by atoms with van der Waals surface area (Å²) in [6.45, 7) is 3.03. The summed E-state index contributed by atoms with van der Waals surface area (Å²) in [6, 6.07) is 11.8. The Morgan fingerprint density at radius 2 is 1.83 bits per heavy atom. The van der Waals surface area contributed by atoms with Crippen LogP contribution in [0.3, 0.4) is 0 Å². The van der Waals surface area contributed by atoms with E-state index in [0.29, 0.717) is 18.0 Å². The van der Waals surface area contributed by atoms with Crippen molar-refractivity contribution in [1.82, 2.24) is 24.3 Å². The predicted octanol–water partition coefficient (Wildman–Crippen LogP) is 4.69. The summed E-state index contributed by atoms with van der Waals surface area (Å²) >= 11 is 0. The van der Waals surface area contributed by atoms with Crippen molar-refractivity contribution >= 4 is 5.95 Å². The van der Waals surface area contributed by atoms with Crippen LogP contribution < -0.4 is 5.32 Å². The smallest absolute Gasteiger partial charge is 0.242 e. The number of rotatable bonds is 4. The van der Waals surface area contributed by atoms with E-state index in [1.165, 1.54) is 31.2 Å². The summed E-state index contributed by atoms with van der Waals surface area (Å²) < 4.78 is 4.43. The highest BCUT2D eigenvalue weighted by Gasteiger charge is 2.27. The Morgan fingerprint density at radius 3 is 2.59 bits per heavy atom. The number of benzene rings is 1. The van der Waals surface area contributed by atoms with E-state index in [1.807, 2.05) is 6.33 Å². The molecule has 1 aliphatic carbocycles. The van der Waals surface area contributed by atoms with Crippen LogP contribution in [0.25, 0.3) is 0 Å². The number of fused-ring (bicyclic) bond motifs is 1. The van der Waals surface area contributed by atoms with Gasteiger partial charge in [0.25, 0.3) is 0 Å². The van der Waals surface area contributed by atoms with Gasteiger partial charge >= 0.3 is 0 Å². The molecular weight excluding hydrogens is 360 g/mol. The van der Waals surface area contributed by atoms with Gasteiger partial charge in [0.2, 0.25) is 5.95 Å². The number of nitrogens with one attached hydrogen (secondary N) is 1. The van der Waals surface area contributed by atoms with Gasteiger partial charge in [0.1, 0.15) is 5.82 Å². The second-order valence-corrected chi connectivity index (χ2v) is 8.59. The molecule has 1 atom stereocenters. The molecule has 2 aliphatic rings. The molecule has 1 aliphatic heterocycles. The van der Waals surface area contributed by atoms with E-state index >= 15 is 0 Å². The zero-order chi connectivity index (χ0) is 19.6. The molecule has 6 heteroatoms. The highest BCUT2D eigenvalue weighted by molar-refractivity contribution is 5.32. The molecule has 3 aromatic rings. The summed E-state index contributed by atoms with van der Waals surface area (Å²) in [5, 5.41) is 8.48. The standard InChI is InChI=1S/C23H30N6/c1-17-15-28(16-24-17)20-12-10-19(11-13-20)25-23-26-22-21(18-7-3-2-4-8-18)9-5-6-14-29(22)27-23/h2-4,7-8,15-16,19-21H,5-6,9-14H2,1H3,(H,25,27). The summed E-state index contributed by atoms with van der Waals surface area (Å²) in [4.78, 5) is 9.35. The minimum Gasteiger partial charge on any atom is -0.350 e. The quantitative estimate of drug-likeness (QED) is 0.702. The number of nitrogens with zero attached hydrogens (tertiary/aromatic N) is 5. The summed E-state index contributed by atoms with van der Waals surface area (Å²) in [5.74, 6) is 2.28. The third-order valence-electron chi connectivity index (χ3n) is 6.51. The molecule has 3 heterocycles. The maximum Gasteiger partial charge on any atom is 0.242 e. The number of imidazole rings is 1. The van der Waals surface area contributed by atoms with Crippen LogP contribution in [0.5, 0.6) is 0 Å². The molecule has 1 aromatic carbocycles. The van der Waals surface area contributed by atoms with Crippen molar-refractivity contribution in [3.63, 3.8) is 0 Å². The van der Waals surface area contributed by atoms with Crippen LogP contribution in [-0.4, -0.2) is 30.4 Å². The number of hydrogen-bond acceptors (Lipinski definition) is 4. The first-order chi connectivity index (χ1) is 14.3. The van der Waals surface area contributed by atoms with Crippen LogP contribution >= 0.6 is 0 Å². The van der Waals surface area contributed by atoms with Gasteiger partial charge in [-0.05, 0) is 51.0 Å². The van der Waals surface area contributed by atoms with Gasteiger partial charge in [-0.3, -0.25) is 0 Å². The Hall–Kier alpha value is -2.63. The third-order valence-corrected chi connectivity index (χ3v) is 6.51. The number of anilines is 1. The van der Waals surface area contributed by atoms with Crippen molar-refractivity contribution in [2.45, 2.75) is 76.4 Å². The first kappa shape index (κ1) is 18.4. The van der Waals surface area contributed by atoms with Crippen molar-refractivity contribution in [2.75, 3.05) is 5.32 Å². The van der Waals surface area contributed by atoms with Crippen LogP contribution in [0.2, 0.25) is 0 Å². The van der Waals surface area contributed by atoms with Crippen molar-refractivity contribution in [3.05, 3.63) is 59.9 Å². The minimum absolute atomic E-state index is 0.349. The number of aromatic nitrogens is 5. The Labute approximate surface area is 172 Å². The lowest BCUT2D eigenvalue weighted by atomic mass is 9.91. The molecule has 29 heavy (non-hydrogen) atoms. The van der Waals surface area contributed by atoms with E-state index < -0.39 is 0 Å². The lowest BCUT2D eigenvalue weighted by Crippen LogP contribution is -2.27. The molecule has 0 amide bonds. The lowest BCUT2D eigenvalue weighted by Gasteiger charge is -2.29. The average Bonchev–Trinajstić information content (AvgIpc) is 3.30.